The maximum absolute atomic E-state index is 11.3. The lowest BCUT2D eigenvalue weighted by molar-refractivity contribution is 0.198. The van der Waals surface area contributed by atoms with Gasteiger partial charge in [-0.05, 0) is 19.1 Å². The van der Waals surface area contributed by atoms with Crippen molar-refractivity contribution >= 4 is 11.8 Å². The van der Waals surface area contributed by atoms with Gasteiger partial charge in [0.15, 0.2) is 0 Å². The number of urea groups is 1. The second kappa shape index (κ2) is 5.98. The Morgan fingerprint density at radius 2 is 2.33 bits per heavy atom. The van der Waals surface area contributed by atoms with E-state index in [-0.39, 0.29) is 6.03 Å². The number of aryl methyl sites for hydroxylation is 1. The Kier molecular flexibility index (Phi) is 4.56. The van der Waals surface area contributed by atoms with E-state index >= 15 is 0 Å². The molecule has 2 N–H and O–H groups in total. The minimum atomic E-state index is -0.273. The summed E-state index contributed by atoms with van der Waals surface area (Å²) in [5, 5.41) is 5.26. The smallest absolute Gasteiger partial charge is 0.320 e. The Morgan fingerprint density at radius 1 is 1.53 bits per heavy atom. The molecule has 0 bridgehead atoms. The van der Waals surface area contributed by atoms with Gasteiger partial charge in [0, 0.05) is 19.3 Å². The number of hydrogen-bond acceptors (Lipinski definition) is 3. The van der Waals surface area contributed by atoms with E-state index in [1.54, 1.807) is 13.2 Å². The van der Waals surface area contributed by atoms with E-state index in [9.17, 15) is 4.79 Å². The van der Waals surface area contributed by atoms with Crippen molar-refractivity contribution in [3.63, 3.8) is 0 Å². The molecule has 82 valence electrons. The third-order valence-electron chi connectivity index (χ3n) is 1.72. The molecule has 15 heavy (non-hydrogen) atoms. The van der Waals surface area contributed by atoms with Crippen molar-refractivity contribution in [3.05, 3.63) is 23.9 Å². The fraction of sp³-hybridized carbons (Fsp3) is 0.400. The summed E-state index contributed by atoms with van der Waals surface area (Å²) >= 11 is 0. The van der Waals surface area contributed by atoms with E-state index in [1.807, 2.05) is 19.1 Å². The van der Waals surface area contributed by atoms with Crippen LogP contribution in [0.5, 0.6) is 0 Å². The van der Waals surface area contributed by atoms with Crippen LogP contribution in [0.4, 0.5) is 10.6 Å². The zero-order valence-corrected chi connectivity index (χ0v) is 8.91. The van der Waals surface area contributed by atoms with Gasteiger partial charge in [-0.1, -0.05) is 6.07 Å². The van der Waals surface area contributed by atoms with Gasteiger partial charge in [-0.25, -0.2) is 9.78 Å². The Morgan fingerprint density at radius 3 is 3.00 bits per heavy atom. The molecule has 0 aromatic carbocycles. The average molecular weight is 209 g/mol. The summed E-state index contributed by atoms with van der Waals surface area (Å²) in [6.07, 6.45) is 0. The van der Waals surface area contributed by atoms with E-state index in [2.05, 4.69) is 15.6 Å². The van der Waals surface area contributed by atoms with Crippen molar-refractivity contribution < 1.29 is 9.53 Å². The highest BCUT2D eigenvalue weighted by Gasteiger charge is 2.00. The van der Waals surface area contributed by atoms with E-state index < -0.39 is 0 Å². The number of pyridine rings is 1. The number of nitrogens with zero attached hydrogens (tertiary/aromatic N) is 1. The number of carbonyl (C=O) groups excluding carboxylic acids is 1. The van der Waals surface area contributed by atoms with Crippen molar-refractivity contribution in [1.82, 2.24) is 10.3 Å². The van der Waals surface area contributed by atoms with E-state index in [1.165, 1.54) is 0 Å². The SMILES string of the molecule is COCCNC(=O)Nc1cccc(C)n1. The molecule has 2 amide bonds. The van der Waals surface area contributed by atoms with Gasteiger partial charge in [0.2, 0.25) is 0 Å². The Bertz CT molecular complexity index is 328. The molecular weight excluding hydrogens is 194 g/mol. The molecule has 1 rings (SSSR count). The molecule has 0 saturated heterocycles. The molecular formula is C10H15N3O2. The van der Waals surface area contributed by atoms with Crippen LogP contribution in [0, 0.1) is 6.92 Å². The first-order valence-corrected chi connectivity index (χ1v) is 4.70. The summed E-state index contributed by atoms with van der Waals surface area (Å²) < 4.78 is 4.80. The molecule has 5 nitrogen and oxygen atoms in total. The molecule has 0 saturated carbocycles. The maximum atomic E-state index is 11.3. The van der Waals surface area contributed by atoms with Crippen LogP contribution in [0.3, 0.4) is 0 Å². The predicted octanol–water partition coefficient (Wildman–Crippen LogP) is 1.16. The minimum Gasteiger partial charge on any atom is -0.383 e. The highest BCUT2D eigenvalue weighted by atomic mass is 16.5. The highest BCUT2D eigenvalue weighted by molar-refractivity contribution is 5.88. The highest BCUT2D eigenvalue weighted by Crippen LogP contribution is 2.02. The predicted molar refractivity (Wildman–Crippen MR) is 57.9 cm³/mol. The molecule has 0 aliphatic rings. The van der Waals surface area contributed by atoms with Gasteiger partial charge in [0.05, 0.1) is 6.61 Å². The zero-order chi connectivity index (χ0) is 11.1. The topological polar surface area (TPSA) is 63.2 Å². The maximum Gasteiger partial charge on any atom is 0.320 e. The summed E-state index contributed by atoms with van der Waals surface area (Å²) in [4.78, 5) is 15.4. The lowest BCUT2D eigenvalue weighted by Gasteiger charge is -2.06. The van der Waals surface area contributed by atoms with Gasteiger partial charge >= 0.3 is 6.03 Å². The molecule has 0 radical (unpaired) electrons. The van der Waals surface area contributed by atoms with Gasteiger partial charge in [0.1, 0.15) is 5.82 Å². The quantitative estimate of drug-likeness (QED) is 0.731. The number of carbonyl (C=O) groups is 1. The molecule has 0 spiro atoms. The van der Waals surface area contributed by atoms with Crippen LogP contribution in [0.25, 0.3) is 0 Å². The van der Waals surface area contributed by atoms with Crippen LogP contribution >= 0.6 is 0 Å². The van der Waals surface area contributed by atoms with Gasteiger partial charge in [0.25, 0.3) is 0 Å². The fourth-order valence-corrected chi connectivity index (χ4v) is 1.04. The zero-order valence-electron chi connectivity index (χ0n) is 8.91. The number of hydrogen-bond donors (Lipinski definition) is 2. The van der Waals surface area contributed by atoms with Gasteiger partial charge < -0.3 is 10.1 Å². The van der Waals surface area contributed by atoms with E-state index in [0.29, 0.717) is 19.0 Å². The average Bonchev–Trinajstić information content (AvgIpc) is 2.18. The minimum absolute atomic E-state index is 0.273. The van der Waals surface area contributed by atoms with Crippen LogP contribution in [-0.4, -0.2) is 31.3 Å². The van der Waals surface area contributed by atoms with Crippen LogP contribution in [0.15, 0.2) is 18.2 Å². The Labute approximate surface area is 88.9 Å². The van der Waals surface area contributed by atoms with Crippen molar-refractivity contribution in [2.24, 2.45) is 0 Å². The molecule has 0 fully saturated rings. The van der Waals surface area contributed by atoms with Crippen LogP contribution in [0.2, 0.25) is 0 Å². The summed E-state index contributed by atoms with van der Waals surface area (Å²) in [6, 6.07) is 5.18. The number of amides is 2. The summed E-state index contributed by atoms with van der Waals surface area (Å²) in [5.74, 6) is 0.546. The van der Waals surface area contributed by atoms with Crippen molar-refractivity contribution in [3.8, 4) is 0 Å². The molecule has 0 atom stereocenters. The number of aromatic nitrogens is 1. The van der Waals surface area contributed by atoms with Crippen molar-refractivity contribution in [2.75, 3.05) is 25.6 Å². The lowest BCUT2D eigenvalue weighted by Crippen LogP contribution is -2.31. The van der Waals surface area contributed by atoms with E-state index in [4.69, 9.17) is 4.74 Å². The third-order valence-corrected chi connectivity index (χ3v) is 1.72. The van der Waals surface area contributed by atoms with Crippen molar-refractivity contribution in [1.29, 1.82) is 0 Å². The van der Waals surface area contributed by atoms with Crippen LogP contribution in [0.1, 0.15) is 5.69 Å². The Balaban J connectivity index is 2.37. The normalized spacial score (nSPS) is 9.73. The molecule has 5 heteroatoms. The van der Waals surface area contributed by atoms with E-state index in [0.717, 1.165) is 5.69 Å². The van der Waals surface area contributed by atoms with Crippen LogP contribution < -0.4 is 10.6 Å². The van der Waals surface area contributed by atoms with Gasteiger partial charge in [-0.3, -0.25) is 5.32 Å². The summed E-state index contributed by atoms with van der Waals surface area (Å²) in [6.45, 7) is 2.84. The largest absolute Gasteiger partial charge is 0.383 e. The summed E-state index contributed by atoms with van der Waals surface area (Å²) in [5.41, 5.74) is 0.865. The molecule has 1 aromatic heterocycles. The fourth-order valence-electron chi connectivity index (χ4n) is 1.04. The van der Waals surface area contributed by atoms with Crippen LogP contribution in [-0.2, 0) is 4.74 Å². The number of rotatable bonds is 4. The Hall–Kier alpha value is -1.62. The third kappa shape index (κ3) is 4.42. The standard InChI is InChI=1S/C10H15N3O2/c1-8-4-3-5-9(12-8)13-10(14)11-6-7-15-2/h3-5H,6-7H2,1-2H3,(H2,11,12,13,14). The number of nitrogens with one attached hydrogen (secondary N) is 2. The monoisotopic (exact) mass is 209 g/mol. The molecule has 0 aliphatic heterocycles. The van der Waals surface area contributed by atoms with Gasteiger partial charge in [-0.15, -0.1) is 0 Å². The van der Waals surface area contributed by atoms with Gasteiger partial charge in [-0.2, -0.15) is 0 Å². The first-order valence-electron chi connectivity index (χ1n) is 4.70. The number of anilines is 1. The van der Waals surface area contributed by atoms with Crippen molar-refractivity contribution in [2.45, 2.75) is 6.92 Å². The number of ether oxygens (including phenoxy) is 1. The first kappa shape index (κ1) is 11.5. The molecule has 1 aromatic rings. The second-order valence-corrected chi connectivity index (χ2v) is 3.04. The molecule has 1 heterocycles. The first-order chi connectivity index (χ1) is 7.22. The molecule has 0 unspecified atom stereocenters. The molecule has 0 aliphatic carbocycles. The number of methoxy groups -OCH3 is 1. The lowest BCUT2D eigenvalue weighted by atomic mass is 10.4. The second-order valence-electron chi connectivity index (χ2n) is 3.04. The summed E-state index contributed by atoms with van der Waals surface area (Å²) in [7, 11) is 1.59.